The van der Waals surface area contributed by atoms with E-state index < -0.39 is 0 Å². The summed E-state index contributed by atoms with van der Waals surface area (Å²) in [5.41, 5.74) is 6.94. The summed E-state index contributed by atoms with van der Waals surface area (Å²) in [6.45, 7) is 1.65. The van der Waals surface area contributed by atoms with Crippen molar-refractivity contribution in [3.05, 3.63) is 33.8 Å². The molecule has 1 aliphatic heterocycles. The average Bonchev–Trinajstić information content (AvgIpc) is 2.96. The molecule has 3 nitrogen and oxygen atoms in total. The molecule has 3 atom stereocenters. The quantitative estimate of drug-likeness (QED) is 0.891. The van der Waals surface area contributed by atoms with Crippen LogP contribution in [0.2, 0.25) is 10.0 Å². The third-order valence-electron chi connectivity index (χ3n) is 4.62. The summed E-state index contributed by atoms with van der Waals surface area (Å²) in [6.07, 6.45) is 2.59. The van der Waals surface area contributed by atoms with Crippen molar-refractivity contribution in [2.75, 3.05) is 13.1 Å². The molecule has 1 aromatic carbocycles. The highest BCUT2D eigenvalue weighted by Crippen LogP contribution is 2.37. The van der Waals surface area contributed by atoms with Crippen molar-refractivity contribution < 1.29 is 4.79 Å². The van der Waals surface area contributed by atoms with Crippen LogP contribution in [0.1, 0.15) is 18.4 Å². The van der Waals surface area contributed by atoms with Gasteiger partial charge in [-0.25, -0.2) is 0 Å². The summed E-state index contributed by atoms with van der Waals surface area (Å²) in [7, 11) is 0. The maximum Gasteiger partial charge on any atom is 0.227 e. The smallest absolute Gasteiger partial charge is 0.227 e. The molecule has 0 aromatic heterocycles. The Morgan fingerprint density at radius 2 is 2.05 bits per heavy atom. The lowest BCUT2D eigenvalue weighted by atomic mass is 9.98. The van der Waals surface area contributed by atoms with E-state index in [1.165, 1.54) is 0 Å². The maximum absolute atomic E-state index is 12.4. The summed E-state index contributed by atoms with van der Waals surface area (Å²) >= 11 is 12.0. The first kappa shape index (κ1) is 16.9. The maximum atomic E-state index is 12.4. The van der Waals surface area contributed by atoms with Crippen LogP contribution in [0.3, 0.4) is 0 Å². The second kappa shape index (κ2) is 6.74. The second-order valence-electron chi connectivity index (χ2n) is 5.88. The molecule has 3 rings (SSSR count). The highest BCUT2D eigenvalue weighted by Gasteiger charge is 2.42. The molecule has 1 saturated heterocycles. The summed E-state index contributed by atoms with van der Waals surface area (Å²) < 4.78 is 0. The van der Waals surface area contributed by atoms with E-state index in [-0.39, 0.29) is 24.4 Å². The van der Waals surface area contributed by atoms with Crippen LogP contribution < -0.4 is 5.73 Å². The van der Waals surface area contributed by atoms with Gasteiger partial charge in [-0.3, -0.25) is 4.79 Å². The summed E-state index contributed by atoms with van der Waals surface area (Å²) in [6, 6.07) is 5.54. The van der Waals surface area contributed by atoms with E-state index >= 15 is 0 Å². The summed E-state index contributed by atoms with van der Waals surface area (Å²) in [5, 5.41) is 1.15. The number of hydrogen-bond acceptors (Lipinski definition) is 2. The molecule has 6 heteroatoms. The Morgan fingerprint density at radius 1 is 1.29 bits per heavy atom. The SMILES string of the molecule is Cl.NC1CCC2CN(C(=O)Cc3ccc(Cl)cc3Cl)CC12. The van der Waals surface area contributed by atoms with Gasteiger partial charge in [-0.1, -0.05) is 29.3 Å². The Kier molecular flexibility index (Phi) is 5.42. The Morgan fingerprint density at radius 3 is 2.71 bits per heavy atom. The highest BCUT2D eigenvalue weighted by atomic mass is 35.5. The van der Waals surface area contributed by atoms with E-state index in [1.807, 2.05) is 11.0 Å². The molecule has 1 saturated carbocycles. The van der Waals surface area contributed by atoms with Gasteiger partial charge in [-0.2, -0.15) is 0 Å². The third-order valence-corrected chi connectivity index (χ3v) is 5.21. The number of fused-ring (bicyclic) bond motifs is 1. The van der Waals surface area contributed by atoms with Crippen molar-refractivity contribution in [3.63, 3.8) is 0 Å². The zero-order valence-electron chi connectivity index (χ0n) is 11.6. The number of rotatable bonds is 2. The Balaban J connectivity index is 0.00000161. The lowest BCUT2D eigenvalue weighted by molar-refractivity contribution is -0.129. The van der Waals surface area contributed by atoms with E-state index in [4.69, 9.17) is 28.9 Å². The molecular formula is C15H19Cl3N2O. The number of halogens is 3. The van der Waals surface area contributed by atoms with Crippen molar-refractivity contribution in [2.24, 2.45) is 17.6 Å². The van der Waals surface area contributed by atoms with Gasteiger partial charge in [0.05, 0.1) is 6.42 Å². The van der Waals surface area contributed by atoms with Gasteiger partial charge >= 0.3 is 0 Å². The lowest BCUT2D eigenvalue weighted by Crippen LogP contribution is -2.34. The molecular weight excluding hydrogens is 331 g/mol. The van der Waals surface area contributed by atoms with Crippen LogP contribution in [0.25, 0.3) is 0 Å². The highest BCUT2D eigenvalue weighted by molar-refractivity contribution is 6.35. The summed E-state index contributed by atoms with van der Waals surface area (Å²) in [5.74, 6) is 1.21. The third kappa shape index (κ3) is 3.48. The number of nitrogens with two attached hydrogens (primary N) is 1. The molecule has 1 heterocycles. The first-order chi connectivity index (χ1) is 9.54. The molecule has 1 aromatic rings. The second-order valence-corrected chi connectivity index (χ2v) is 6.72. The standard InChI is InChI=1S/C15H18Cl2N2O.ClH/c16-11-3-1-9(13(17)6-11)5-15(20)19-7-10-2-4-14(18)12(10)8-19;/h1,3,6,10,12,14H,2,4-5,7-8,18H2;1H. The van der Waals surface area contributed by atoms with Crippen LogP contribution in [0, 0.1) is 11.8 Å². The Hall–Kier alpha value is -0.480. The fraction of sp³-hybridized carbons (Fsp3) is 0.533. The van der Waals surface area contributed by atoms with Crippen molar-refractivity contribution in [1.82, 2.24) is 4.90 Å². The van der Waals surface area contributed by atoms with Crippen LogP contribution in [0.4, 0.5) is 0 Å². The average molecular weight is 350 g/mol. The minimum atomic E-state index is 0. The lowest BCUT2D eigenvalue weighted by Gasteiger charge is -2.19. The first-order valence-electron chi connectivity index (χ1n) is 7.02. The predicted molar refractivity (Wildman–Crippen MR) is 88.2 cm³/mol. The summed E-state index contributed by atoms with van der Waals surface area (Å²) in [4.78, 5) is 14.3. The molecule has 2 fully saturated rings. The fourth-order valence-corrected chi connectivity index (χ4v) is 3.93. The molecule has 2 aliphatic rings. The van der Waals surface area contributed by atoms with Crippen LogP contribution in [-0.4, -0.2) is 29.9 Å². The van der Waals surface area contributed by atoms with Crippen molar-refractivity contribution in [1.29, 1.82) is 0 Å². The molecule has 0 bridgehead atoms. The van der Waals surface area contributed by atoms with Crippen LogP contribution in [0.5, 0.6) is 0 Å². The number of carbonyl (C=O) groups is 1. The minimum absolute atomic E-state index is 0. The molecule has 1 aliphatic carbocycles. The van der Waals surface area contributed by atoms with Gasteiger partial charge in [0.25, 0.3) is 0 Å². The van der Waals surface area contributed by atoms with Gasteiger partial charge < -0.3 is 10.6 Å². The van der Waals surface area contributed by atoms with Crippen LogP contribution >= 0.6 is 35.6 Å². The monoisotopic (exact) mass is 348 g/mol. The van der Waals surface area contributed by atoms with Gasteiger partial charge in [0.15, 0.2) is 0 Å². The Labute approximate surface area is 141 Å². The van der Waals surface area contributed by atoms with Gasteiger partial charge in [-0.15, -0.1) is 12.4 Å². The van der Waals surface area contributed by atoms with Gasteiger partial charge in [0.2, 0.25) is 5.91 Å². The number of carbonyl (C=O) groups excluding carboxylic acids is 1. The molecule has 116 valence electrons. The minimum Gasteiger partial charge on any atom is -0.342 e. The number of amides is 1. The van der Waals surface area contributed by atoms with Gasteiger partial charge in [0, 0.05) is 29.2 Å². The topological polar surface area (TPSA) is 46.3 Å². The van der Waals surface area contributed by atoms with Gasteiger partial charge in [0.1, 0.15) is 0 Å². The van der Waals surface area contributed by atoms with E-state index in [9.17, 15) is 4.79 Å². The molecule has 2 N–H and O–H groups in total. The van der Waals surface area contributed by atoms with E-state index in [0.29, 0.717) is 28.3 Å². The van der Waals surface area contributed by atoms with E-state index in [0.717, 1.165) is 31.5 Å². The van der Waals surface area contributed by atoms with E-state index in [1.54, 1.807) is 12.1 Å². The number of likely N-dealkylation sites (tertiary alicyclic amines) is 1. The van der Waals surface area contributed by atoms with Crippen molar-refractivity contribution >= 4 is 41.5 Å². The van der Waals surface area contributed by atoms with Crippen LogP contribution in [0.15, 0.2) is 18.2 Å². The number of hydrogen-bond donors (Lipinski definition) is 1. The Bertz CT molecular complexity index is 538. The van der Waals surface area contributed by atoms with Crippen molar-refractivity contribution in [3.8, 4) is 0 Å². The fourth-order valence-electron chi connectivity index (χ4n) is 3.45. The zero-order valence-corrected chi connectivity index (χ0v) is 13.9. The van der Waals surface area contributed by atoms with Crippen LogP contribution in [-0.2, 0) is 11.2 Å². The molecule has 21 heavy (non-hydrogen) atoms. The molecule has 0 spiro atoms. The largest absolute Gasteiger partial charge is 0.342 e. The zero-order chi connectivity index (χ0) is 14.3. The molecule has 1 amide bonds. The van der Waals surface area contributed by atoms with Crippen molar-refractivity contribution in [2.45, 2.75) is 25.3 Å². The molecule has 3 unspecified atom stereocenters. The normalized spacial score (nSPS) is 27.4. The number of nitrogens with zero attached hydrogens (tertiary/aromatic N) is 1. The first-order valence-corrected chi connectivity index (χ1v) is 7.77. The number of benzene rings is 1. The van der Waals surface area contributed by atoms with Gasteiger partial charge in [-0.05, 0) is 42.4 Å². The predicted octanol–water partition coefficient (Wildman–Crippen LogP) is 3.15. The van der Waals surface area contributed by atoms with E-state index in [2.05, 4.69) is 0 Å². The molecule has 0 radical (unpaired) electrons.